The molecule has 2 aromatic carbocycles. The van der Waals surface area contributed by atoms with Crippen molar-refractivity contribution < 1.29 is 4.79 Å². The normalized spacial score (nSPS) is 9.96. The fourth-order valence-electron chi connectivity index (χ4n) is 2.47. The van der Waals surface area contributed by atoms with Crippen LogP contribution in [0.2, 0.25) is 0 Å². The summed E-state index contributed by atoms with van der Waals surface area (Å²) in [5.41, 5.74) is 3.66. The average Bonchev–Trinajstić information content (AvgIpc) is 2.62. The Bertz CT molecular complexity index is 1010. The first-order chi connectivity index (χ1) is 13.0. The zero-order chi connectivity index (χ0) is 19.2. The number of aromatic nitrogens is 2. The number of anilines is 5. The van der Waals surface area contributed by atoms with Gasteiger partial charge in [0.2, 0.25) is 11.9 Å². The first-order valence-corrected chi connectivity index (χ1v) is 8.29. The molecule has 134 valence electrons. The van der Waals surface area contributed by atoms with E-state index in [1.54, 1.807) is 18.2 Å². The highest BCUT2D eigenvalue weighted by molar-refractivity contribution is 5.88. The Morgan fingerprint density at radius 3 is 2.41 bits per heavy atom. The molecular weight excluding hydrogens is 340 g/mol. The van der Waals surface area contributed by atoms with Crippen molar-refractivity contribution in [3.63, 3.8) is 0 Å². The molecule has 0 saturated heterocycles. The lowest BCUT2D eigenvalue weighted by atomic mass is 10.2. The minimum atomic E-state index is -0.113. The van der Waals surface area contributed by atoms with Gasteiger partial charge in [-0.05, 0) is 49.4 Å². The Labute approximate surface area is 157 Å². The maximum atomic E-state index is 11.1. The van der Waals surface area contributed by atoms with E-state index in [9.17, 15) is 4.79 Å². The van der Waals surface area contributed by atoms with E-state index in [0.717, 1.165) is 22.8 Å². The van der Waals surface area contributed by atoms with Crippen LogP contribution in [0.4, 0.5) is 28.8 Å². The first-order valence-electron chi connectivity index (χ1n) is 8.29. The Kier molecular flexibility index (Phi) is 5.28. The van der Waals surface area contributed by atoms with Crippen molar-refractivity contribution in [3.8, 4) is 6.07 Å². The van der Waals surface area contributed by atoms with E-state index < -0.39 is 0 Å². The second kappa shape index (κ2) is 7.97. The van der Waals surface area contributed by atoms with Crippen LogP contribution in [0.15, 0.2) is 54.6 Å². The fourth-order valence-corrected chi connectivity index (χ4v) is 2.47. The van der Waals surface area contributed by atoms with Gasteiger partial charge < -0.3 is 16.0 Å². The topological polar surface area (TPSA) is 103 Å². The molecule has 0 saturated carbocycles. The van der Waals surface area contributed by atoms with Crippen molar-refractivity contribution >= 4 is 34.7 Å². The fraction of sp³-hybridized carbons (Fsp3) is 0.100. The molecule has 1 aromatic heterocycles. The van der Waals surface area contributed by atoms with Crippen LogP contribution in [0, 0.1) is 18.3 Å². The summed E-state index contributed by atoms with van der Waals surface area (Å²) in [6.45, 7) is 3.35. The molecule has 1 amide bonds. The molecule has 3 rings (SSSR count). The number of carbonyl (C=O) groups is 1. The van der Waals surface area contributed by atoms with Gasteiger partial charge >= 0.3 is 0 Å². The number of nitrogens with zero attached hydrogens (tertiary/aromatic N) is 3. The van der Waals surface area contributed by atoms with Gasteiger partial charge in [-0.2, -0.15) is 10.2 Å². The van der Waals surface area contributed by atoms with E-state index in [2.05, 4.69) is 32.0 Å². The number of carbonyl (C=O) groups excluding carboxylic acids is 1. The van der Waals surface area contributed by atoms with Crippen LogP contribution >= 0.6 is 0 Å². The van der Waals surface area contributed by atoms with Crippen molar-refractivity contribution in [2.45, 2.75) is 13.8 Å². The maximum Gasteiger partial charge on any atom is 0.229 e. The molecule has 0 aliphatic rings. The van der Waals surface area contributed by atoms with Crippen molar-refractivity contribution in [1.82, 2.24) is 9.97 Å². The molecule has 7 nitrogen and oxygen atoms in total. The number of nitrogens with one attached hydrogen (secondary N) is 3. The Morgan fingerprint density at radius 1 is 0.963 bits per heavy atom. The lowest BCUT2D eigenvalue weighted by Gasteiger charge is -2.11. The van der Waals surface area contributed by atoms with Gasteiger partial charge in [0.25, 0.3) is 0 Å². The molecule has 0 bridgehead atoms. The molecule has 1 heterocycles. The Balaban J connectivity index is 1.77. The summed E-state index contributed by atoms with van der Waals surface area (Å²) in [4.78, 5) is 19.9. The monoisotopic (exact) mass is 358 g/mol. The van der Waals surface area contributed by atoms with Crippen LogP contribution in [-0.2, 0) is 4.79 Å². The minimum Gasteiger partial charge on any atom is -0.340 e. The molecule has 0 atom stereocenters. The highest BCUT2D eigenvalue weighted by atomic mass is 16.1. The maximum absolute atomic E-state index is 11.1. The number of amides is 1. The van der Waals surface area contributed by atoms with E-state index in [0.29, 0.717) is 17.3 Å². The van der Waals surface area contributed by atoms with Crippen molar-refractivity contribution in [2.75, 3.05) is 16.0 Å². The molecule has 0 spiro atoms. The predicted molar refractivity (Wildman–Crippen MR) is 105 cm³/mol. The second-order valence-electron chi connectivity index (χ2n) is 5.92. The van der Waals surface area contributed by atoms with Crippen LogP contribution in [0.5, 0.6) is 0 Å². The lowest BCUT2D eigenvalue weighted by Crippen LogP contribution is -2.05. The molecule has 0 radical (unpaired) electrons. The van der Waals surface area contributed by atoms with Crippen LogP contribution < -0.4 is 16.0 Å². The van der Waals surface area contributed by atoms with Crippen molar-refractivity contribution in [2.24, 2.45) is 0 Å². The van der Waals surface area contributed by atoms with Crippen LogP contribution in [0.1, 0.15) is 18.2 Å². The quantitative estimate of drug-likeness (QED) is 0.634. The summed E-state index contributed by atoms with van der Waals surface area (Å²) in [5, 5.41) is 18.1. The van der Waals surface area contributed by atoms with Gasteiger partial charge in [-0.15, -0.1) is 0 Å². The summed E-state index contributed by atoms with van der Waals surface area (Å²) < 4.78 is 0. The molecule has 0 aliphatic carbocycles. The molecule has 0 fully saturated rings. The number of rotatable bonds is 5. The van der Waals surface area contributed by atoms with E-state index in [1.165, 1.54) is 6.92 Å². The number of hydrogen-bond donors (Lipinski definition) is 3. The van der Waals surface area contributed by atoms with Crippen molar-refractivity contribution in [1.29, 1.82) is 5.26 Å². The van der Waals surface area contributed by atoms with Crippen molar-refractivity contribution in [3.05, 3.63) is 65.9 Å². The molecule has 0 aliphatic heterocycles. The van der Waals surface area contributed by atoms with Gasteiger partial charge in [0.05, 0.1) is 11.6 Å². The smallest absolute Gasteiger partial charge is 0.229 e. The van der Waals surface area contributed by atoms with Gasteiger partial charge in [0.15, 0.2) is 0 Å². The number of hydrogen-bond acceptors (Lipinski definition) is 6. The molecule has 3 N–H and O–H groups in total. The first kappa shape index (κ1) is 17.9. The van der Waals surface area contributed by atoms with Gasteiger partial charge in [-0.25, -0.2) is 4.98 Å². The van der Waals surface area contributed by atoms with Crippen LogP contribution in [0.3, 0.4) is 0 Å². The molecule has 27 heavy (non-hydrogen) atoms. The highest BCUT2D eigenvalue weighted by Gasteiger charge is 2.05. The standard InChI is InChI=1S/C20H18N6O/c1-13-10-19(24-17-8-6-16(7-9-17)23-14(2)27)26-20(22-13)25-18-5-3-4-15(11-18)12-21/h3-11H,1-2H3,(H,23,27)(H2,22,24,25,26). The summed E-state index contributed by atoms with van der Waals surface area (Å²) >= 11 is 0. The third-order valence-electron chi connectivity index (χ3n) is 3.58. The molecule has 3 aromatic rings. The predicted octanol–water partition coefficient (Wildman–Crippen LogP) is 4.10. The zero-order valence-corrected chi connectivity index (χ0v) is 14.9. The summed E-state index contributed by atoms with van der Waals surface area (Å²) in [6, 6.07) is 18.4. The third kappa shape index (κ3) is 5.03. The summed E-state index contributed by atoms with van der Waals surface area (Å²) in [7, 11) is 0. The zero-order valence-electron chi connectivity index (χ0n) is 14.9. The number of benzene rings is 2. The summed E-state index contributed by atoms with van der Waals surface area (Å²) in [5.74, 6) is 0.953. The molecule has 0 unspecified atom stereocenters. The van der Waals surface area contributed by atoms with Gasteiger partial charge in [0, 0.05) is 35.7 Å². The minimum absolute atomic E-state index is 0.113. The van der Waals surface area contributed by atoms with Gasteiger partial charge in [0.1, 0.15) is 5.82 Å². The van der Waals surface area contributed by atoms with Gasteiger partial charge in [-0.1, -0.05) is 6.07 Å². The average molecular weight is 358 g/mol. The Hall–Kier alpha value is -3.92. The van der Waals surface area contributed by atoms with E-state index in [1.807, 2.05) is 43.3 Å². The lowest BCUT2D eigenvalue weighted by molar-refractivity contribution is -0.114. The molecular formula is C20H18N6O. The van der Waals surface area contributed by atoms with E-state index in [-0.39, 0.29) is 5.91 Å². The van der Waals surface area contributed by atoms with Crippen LogP contribution in [-0.4, -0.2) is 15.9 Å². The largest absolute Gasteiger partial charge is 0.340 e. The highest BCUT2D eigenvalue weighted by Crippen LogP contribution is 2.21. The Morgan fingerprint density at radius 2 is 1.70 bits per heavy atom. The van der Waals surface area contributed by atoms with Gasteiger partial charge in [-0.3, -0.25) is 4.79 Å². The van der Waals surface area contributed by atoms with Crippen LogP contribution in [0.25, 0.3) is 0 Å². The molecule has 7 heteroatoms. The van der Waals surface area contributed by atoms with E-state index >= 15 is 0 Å². The number of aryl methyl sites for hydroxylation is 1. The summed E-state index contributed by atoms with van der Waals surface area (Å²) in [6.07, 6.45) is 0. The van der Waals surface area contributed by atoms with E-state index in [4.69, 9.17) is 5.26 Å². The second-order valence-corrected chi connectivity index (χ2v) is 5.92. The third-order valence-corrected chi connectivity index (χ3v) is 3.58. The number of nitriles is 1. The SMILES string of the molecule is CC(=O)Nc1ccc(Nc2cc(C)nc(Nc3cccc(C#N)c3)n2)cc1.